The van der Waals surface area contributed by atoms with Gasteiger partial charge in [0.25, 0.3) is 5.91 Å². The minimum atomic E-state index is -0.220. The molecule has 3 rings (SSSR count). The number of carbonyl (C=O) groups is 1. The average Bonchev–Trinajstić information content (AvgIpc) is 2.64. The number of aromatic amines is 1. The maximum atomic E-state index is 12.3. The average molecular weight is 327 g/mol. The Bertz CT molecular complexity index is 703. The number of nitrogens with one attached hydrogen (secondary N) is 2. The summed E-state index contributed by atoms with van der Waals surface area (Å²) < 4.78 is 5.43. The van der Waals surface area contributed by atoms with E-state index < -0.39 is 0 Å². The van der Waals surface area contributed by atoms with Crippen LogP contribution in [0.1, 0.15) is 22.0 Å². The lowest BCUT2D eigenvalue weighted by Crippen LogP contribution is -2.43. The summed E-state index contributed by atoms with van der Waals surface area (Å²) in [4.78, 5) is 28.2. The van der Waals surface area contributed by atoms with E-state index in [2.05, 4.69) is 27.3 Å². The molecule has 24 heavy (non-hydrogen) atoms. The zero-order valence-electron chi connectivity index (χ0n) is 13.4. The summed E-state index contributed by atoms with van der Waals surface area (Å²) in [7, 11) is 0. The standard InChI is InChI=1S/C18H21N3O3/c22-17-7-6-15(12-19-17)18(23)20-13-16(14-4-2-1-3-5-14)21-8-10-24-11-9-21/h1-7,12,16H,8-11,13H2,(H,19,22)(H,20,23)/t16-/m1/s1. The number of pyridine rings is 1. The van der Waals surface area contributed by atoms with Gasteiger partial charge in [0.2, 0.25) is 5.56 Å². The van der Waals surface area contributed by atoms with Crippen LogP contribution >= 0.6 is 0 Å². The van der Waals surface area contributed by atoms with Gasteiger partial charge in [0, 0.05) is 31.9 Å². The second kappa shape index (κ2) is 7.90. The Balaban J connectivity index is 1.70. The Kier molecular flexibility index (Phi) is 5.40. The van der Waals surface area contributed by atoms with Crippen molar-refractivity contribution in [2.45, 2.75) is 6.04 Å². The van der Waals surface area contributed by atoms with Crippen molar-refractivity contribution < 1.29 is 9.53 Å². The van der Waals surface area contributed by atoms with Gasteiger partial charge in [-0.2, -0.15) is 0 Å². The second-order valence-corrected chi connectivity index (χ2v) is 5.73. The molecule has 1 aliphatic rings. The molecular weight excluding hydrogens is 306 g/mol. The molecule has 1 aliphatic heterocycles. The molecule has 1 amide bonds. The molecule has 0 aliphatic carbocycles. The summed E-state index contributed by atoms with van der Waals surface area (Å²) in [5, 5.41) is 2.97. The SMILES string of the molecule is O=C(NC[C@H](c1ccccc1)N1CCOCC1)c1ccc(=O)[nH]c1. The Morgan fingerprint density at radius 2 is 1.92 bits per heavy atom. The first-order valence-electron chi connectivity index (χ1n) is 8.08. The highest BCUT2D eigenvalue weighted by molar-refractivity contribution is 5.93. The fourth-order valence-electron chi connectivity index (χ4n) is 2.87. The fraction of sp³-hybridized carbons (Fsp3) is 0.333. The minimum Gasteiger partial charge on any atom is -0.379 e. The van der Waals surface area contributed by atoms with Gasteiger partial charge in [-0.15, -0.1) is 0 Å². The molecule has 1 saturated heterocycles. The van der Waals surface area contributed by atoms with Crippen molar-refractivity contribution in [2.75, 3.05) is 32.8 Å². The lowest BCUT2D eigenvalue weighted by molar-refractivity contribution is 0.0162. The summed E-state index contributed by atoms with van der Waals surface area (Å²) in [5.74, 6) is -0.194. The Hall–Kier alpha value is -2.44. The number of hydrogen-bond acceptors (Lipinski definition) is 4. The molecule has 0 radical (unpaired) electrons. The number of H-pyrrole nitrogens is 1. The van der Waals surface area contributed by atoms with Crippen LogP contribution in [0.5, 0.6) is 0 Å². The molecule has 0 spiro atoms. The van der Waals surface area contributed by atoms with Gasteiger partial charge in [0.15, 0.2) is 0 Å². The molecule has 6 heteroatoms. The van der Waals surface area contributed by atoms with Crippen molar-refractivity contribution in [3.63, 3.8) is 0 Å². The summed E-state index contributed by atoms with van der Waals surface area (Å²) in [6.07, 6.45) is 1.43. The van der Waals surface area contributed by atoms with Crippen molar-refractivity contribution in [1.82, 2.24) is 15.2 Å². The number of rotatable bonds is 5. The molecule has 2 aromatic rings. The predicted molar refractivity (Wildman–Crippen MR) is 91.0 cm³/mol. The van der Waals surface area contributed by atoms with Crippen molar-refractivity contribution in [2.24, 2.45) is 0 Å². The molecule has 0 bridgehead atoms. The van der Waals surface area contributed by atoms with Crippen LogP contribution in [0.4, 0.5) is 0 Å². The molecule has 1 atom stereocenters. The van der Waals surface area contributed by atoms with Crippen molar-refractivity contribution in [3.05, 3.63) is 70.1 Å². The van der Waals surface area contributed by atoms with Crippen LogP contribution in [0.15, 0.2) is 53.5 Å². The van der Waals surface area contributed by atoms with Crippen LogP contribution in [0.3, 0.4) is 0 Å². The van der Waals surface area contributed by atoms with E-state index in [4.69, 9.17) is 4.74 Å². The Morgan fingerprint density at radius 1 is 1.17 bits per heavy atom. The number of aromatic nitrogens is 1. The van der Waals surface area contributed by atoms with Gasteiger partial charge in [0.1, 0.15) is 0 Å². The quantitative estimate of drug-likeness (QED) is 0.865. The summed E-state index contributed by atoms with van der Waals surface area (Å²) in [6, 6.07) is 13.1. The fourth-order valence-corrected chi connectivity index (χ4v) is 2.87. The van der Waals surface area contributed by atoms with Gasteiger partial charge >= 0.3 is 0 Å². The smallest absolute Gasteiger partial charge is 0.252 e. The van der Waals surface area contributed by atoms with E-state index in [1.807, 2.05) is 18.2 Å². The van der Waals surface area contributed by atoms with Crippen LogP contribution in [-0.2, 0) is 4.74 Å². The third-order valence-corrected chi connectivity index (χ3v) is 4.17. The largest absolute Gasteiger partial charge is 0.379 e. The van der Waals surface area contributed by atoms with E-state index >= 15 is 0 Å². The number of ether oxygens (including phenoxy) is 1. The molecule has 1 aromatic carbocycles. The molecule has 1 fully saturated rings. The highest BCUT2D eigenvalue weighted by atomic mass is 16.5. The van der Waals surface area contributed by atoms with E-state index in [0.29, 0.717) is 25.3 Å². The van der Waals surface area contributed by atoms with Crippen LogP contribution in [-0.4, -0.2) is 48.6 Å². The third kappa shape index (κ3) is 4.10. The zero-order chi connectivity index (χ0) is 16.8. The molecule has 2 N–H and O–H groups in total. The van der Waals surface area contributed by atoms with Gasteiger partial charge in [-0.05, 0) is 11.6 Å². The van der Waals surface area contributed by atoms with Gasteiger partial charge in [-0.3, -0.25) is 14.5 Å². The zero-order valence-corrected chi connectivity index (χ0v) is 13.4. The van der Waals surface area contributed by atoms with Gasteiger partial charge in [0.05, 0.1) is 24.8 Å². The maximum Gasteiger partial charge on any atom is 0.252 e. The van der Waals surface area contributed by atoms with Crippen LogP contribution in [0, 0.1) is 0 Å². The molecule has 0 unspecified atom stereocenters. The van der Waals surface area contributed by atoms with Crippen molar-refractivity contribution in [1.29, 1.82) is 0 Å². The van der Waals surface area contributed by atoms with Gasteiger partial charge < -0.3 is 15.0 Å². The predicted octanol–water partition coefficient (Wildman–Crippen LogP) is 1.18. The first kappa shape index (κ1) is 16.4. The minimum absolute atomic E-state index is 0.0989. The Labute approximate surface area is 140 Å². The van der Waals surface area contributed by atoms with Crippen LogP contribution < -0.4 is 10.9 Å². The molecule has 6 nitrogen and oxygen atoms in total. The second-order valence-electron chi connectivity index (χ2n) is 5.73. The number of amides is 1. The highest BCUT2D eigenvalue weighted by Crippen LogP contribution is 2.21. The highest BCUT2D eigenvalue weighted by Gasteiger charge is 2.23. The van der Waals surface area contributed by atoms with E-state index in [0.717, 1.165) is 13.1 Å². The summed E-state index contributed by atoms with van der Waals surface area (Å²) >= 11 is 0. The lowest BCUT2D eigenvalue weighted by atomic mass is 10.0. The van der Waals surface area contributed by atoms with Gasteiger partial charge in [-0.1, -0.05) is 30.3 Å². The molecule has 2 heterocycles. The molecule has 0 saturated carbocycles. The molecule has 126 valence electrons. The van der Waals surface area contributed by atoms with Gasteiger partial charge in [-0.25, -0.2) is 0 Å². The molecule has 1 aromatic heterocycles. The topological polar surface area (TPSA) is 74.4 Å². The van der Waals surface area contributed by atoms with Crippen LogP contribution in [0.25, 0.3) is 0 Å². The van der Waals surface area contributed by atoms with Crippen molar-refractivity contribution in [3.8, 4) is 0 Å². The number of carbonyl (C=O) groups excluding carboxylic acids is 1. The normalized spacial score (nSPS) is 16.5. The lowest BCUT2D eigenvalue weighted by Gasteiger charge is -2.34. The van der Waals surface area contributed by atoms with E-state index in [9.17, 15) is 9.59 Å². The van der Waals surface area contributed by atoms with E-state index in [-0.39, 0.29) is 17.5 Å². The number of nitrogens with zero attached hydrogens (tertiary/aromatic N) is 1. The van der Waals surface area contributed by atoms with E-state index in [1.165, 1.54) is 23.9 Å². The van der Waals surface area contributed by atoms with E-state index in [1.54, 1.807) is 0 Å². The summed E-state index contributed by atoms with van der Waals surface area (Å²) in [5.41, 5.74) is 1.39. The first-order chi connectivity index (χ1) is 11.7. The Morgan fingerprint density at radius 3 is 2.58 bits per heavy atom. The number of benzene rings is 1. The number of hydrogen-bond donors (Lipinski definition) is 2. The number of morpholine rings is 1. The first-order valence-corrected chi connectivity index (χ1v) is 8.08. The van der Waals surface area contributed by atoms with Crippen molar-refractivity contribution >= 4 is 5.91 Å². The summed E-state index contributed by atoms with van der Waals surface area (Å²) in [6.45, 7) is 3.60. The maximum absolute atomic E-state index is 12.3. The third-order valence-electron chi connectivity index (χ3n) is 4.17. The van der Waals surface area contributed by atoms with Crippen LogP contribution in [0.2, 0.25) is 0 Å². The molecular formula is C18H21N3O3. The monoisotopic (exact) mass is 327 g/mol.